The van der Waals surface area contributed by atoms with E-state index in [1.807, 2.05) is 48.5 Å². The first-order valence-electron chi connectivity index (χ1n) is 29.6. The van der Waals surface area contributed by atoms with Gasteiger partial charge in [0.1, 0.15) is 53.7 Å². The van der Waals surface area contributed by atoms with E-state index < -0.39 is 157 Å². The van der Waals surface area contributed by atoms with Crippen molar-refractivity contribution in [1.29, 1.82) is 0 Å². The van der Waals surface area contributed by atoms with Crippen LogP contribution in [0.2, 0.25) is 0 Å². The van der Waals surface area contributed by atoms with Gasteiger partial charge in [0.2, 0.25) is 23.6 Å². The molecule has 16 atom stereocenters. The molecule has 7 unspecified atom stereocenters. The minimum Gasteiger partial charge on any atom is -0.508 e. The Hall–Kier alpha value is -7.23. The van der Waals surface area contributed by atoms with Crippen molar-refractivity contribution < 1.29 is 83.9 Å². The molecule has 0 radical (unpaired) electrons. The fraction of sp³-hybridized carbons (Fsp3) is 0.508. The number of carbonyl (C=O) groups is 7. The average Bonchev–Trinajstić information content (AvgIpc) is 1.95. The van der Waals surface area contributed by atoms with Crippen LogP contribution in [0.15, 0.2) is 97.1 Å². The number of fused-ring (bicyclic) bond motifs is 2. The number of ketones is 2. The van der Waals surface area contributed by atoms with Crippen molar-refractivity contribution in [3.05, 3.63) is 108 Å². The monoisotopic (exact) mass is 1210 g/mol. The quantitative estimate of drug-likeness (QED) is 0.0602. The van der Waals surface area contributed by atoms with E-state index in [1.54, 1.807) is 12.1 Å². The van der Waals surface area contributed by atoms with Gasteiger partial charge in [-0.2, -0.15) is 0 Å². The summed E-state index contributed by atoms with van der Waals surface area (Å²) in [6, 6.07) is 19.2. The number of aliphatic hydroxyl groups excluding tert-OH is 7. The number of unbranched alkanes of at least 4 members (excludes halogenated alkanes) is 2. The lowest BCUT2D eigenvalue weighted by molar-refractivity contribution is -0.151. The van der Waals surface area contributed by atoms with Gasteiger partial charge in [0.05, 0.1) is 49.1 Å². The molecule has 7 rings (SSSR count). The van der Waals surface area contributed by atoms with E-state index in [-0.39, 0.29) is 49.4 Å². The number of ether oxygens (including phenoxy) is 2. The number of nitrogens with two attached hydrogens (primary N) is 2. The molecule has 5 amide bonds. The fourth-order valence-electron chi connectivity index (χ4n) is 11.5. The summed E-state index contributed by atoms with van der Waals surface area (Å²) in [5.74, 6) is -12.6. The number of amides is 5. The smallest absolute Gasteiger partial charge is 0.251 e. The van der Waals surface area contributed by atoms with Gasteiger partial charge in [0.15, 0.2) is 12.0 Å². The molecule has 24 nitrogen and oxygen atoms in total. The number of hydrogen-bond acceptors (Lipinski definition) is 19. The Morgan fingerprint density at radius 3 is 1.82 bits per heavy atom. The zero-order valence-electron chi connectivity index (χ0n) is 49.2. The maximum absolute atomic E-state index is 14.8. The van der Waals surface area contributed by atoms with Crippen LogP contribution in [0.1, 0.15) is 94.7 Å². The number of aromatic hydroxyl groups is 1. The maximum Gasteiger partial charge on any atom is 0.251 e. The Labute approximate surface area is 504 Å². The van der Waals surface area contributed by atoms with Gasteiger partial charge in [-0.3, -0.25) is 33.6 Å². The molecule has 0 spiro atoms. The molecule has 1 saturated carbocycles. The first-order valence-corrected chi connectivity index (χ1v) is 29.6. The van der Waals surface area contributed by atoms with E-state index >= 15 is 0 Å². The van der Waals surface area contributed by atoms with Gasteiger partial charge in [-0.05, 0) is 97.3 Å². The summed E-state index contributed by atoms with van der Waals surface area (Å²) in [7, 11) is 0. The van der Waals surface area contributed by atoms with E-state index in [0.29, 0.717) is 6.61 Å². The molecule has 0 aromatic heterocycles. The van der Waals surface area contributed by atoms with Crippen LogP contribution in [0.3, 0.4) is 0 Å². The van der Waals surface area contributed by atoms with Crippen molar-refractivity contribution >= 4 is 41.1 Å². The number of Topliss-reactive ketones (excluding diaryl/α,β-unsaturated/α-hetero) is 2. The predicted octanol–water partition coefficient (Wildman–Crippen LogP) is 0.468. The van der Waals surface area contributed by atoms with E-state index in [9.17, 15) is 74.4 Å². The van der Waals surface area contributed by atoms with E-state index in [2.05, 4.69) is 28.2 Å². The number of aliphatic hydroxyl groups is 7. The molecular formula is C63H83N7O17. The normalized spacial score (nSPS) is 27.6. The Morgan fingerprint density at radius 1 is 0.701 bits per heavy atom. The fourth-order valence-corrected chi connectivity index (χ4v) is 11.5. The summed E-state index contributed by atoms with van der Waals surface area (Å²) in [4.78, 5) is 103. The van der Waals surface area contributed by atoms with Crippen LogP contribution in [0.5, 0.6) is 11.5 Å². The lowest BCUT2D eigenvalue weighted by atomic mass is 9.80. The second-order valence-corrected chi connectivity index (χ2v) is 23.1. The summed E-state index contributed by atoms with van der Waals surface area (Å²) in [5.41, 5.74) is 15.4. The van der Waals surface area contributed by atoms with Crippen molar-refractivity contribution in [3.8, 4) is 33.8 Å². The van der Waals surface area contributed by atoms with Crippen molar-refractivity contribution in [3.63, 3.8) is 0 Å². The SMILES string of the molecule is CCCCCOc1ccc(-c2ccc(-c3ccc(C(=O)N[C@H]4C[C@@H](O)C(OC(CN)CN)NC(=O)C5[C@@H](O)[C@@H](C)CN5C(=O)C([C@@H](C)O)NC(=O)C([C@H](O)[C@@H](O)c5ccc(O)cc5)CC(=O)C5C[C@@H](O)CC5C(=O)C([C@@H](C)O)NC4=O)cc3)cc2)cc1. The van der Waals surface area contributed by atoms with Gasteiger partial charge < -0.3 is 88.0 Å². The summed E-state index contributed by atoms with van der Waals surface area (Å²) < 4.78 is 11.9. The molecule has 2 saturated heterocycles. The van der Waals surface area contributed by atoms with Gasteiger partial charge in [0.25, 0.3) is 5.91 Å². The van der Waals surface area contributed by atoms with Crippen molar-refractivity contribution in [1.82, 2.24) is 26.2 Å². The molecule has 2 heterocycles. The number of hydrogen-bond donors (Lipinski definition) is 14. The number of rotatable bonds is 18. The molecule has 472 valence electrons. The van der Waals surface area contributed by atoms with Gasteiger partial charge in [0, 0.05) is 55.8 Å². The second-order valence-electron chi connectivity index (χ2n) is 23.1. The van der Waals surface area contributed by atoms with Crippen LogP contribution in [0.4, 0.5) is 0 Å². The number of phenolic OH excluding ortho intramolecular Hbond substituents is 1. The Balaban J connectivity index is 1.23. The van der Waals surface area contributed by atoms with Crippen LogP contribution in [0, 0.1) is 23.7 Å². The molecule has 87 heavy (non-hydrogen) atoms. The molecule has 24 heteroatoms. The molecule has 2 aliphatic heterocycles. The summed E-state index contributed by atoms with van der Waals surface area (Å²) >= 11 is 0. The first kappa shape index (κ1) is 67.3. The highest BCUT2D eigenvalue weighted by Crippen LogP contribution is 2.38. The zero-order chi connectivity index (χ0) is 63.4. The molecule has 1 aliphatic carbocycles. The third-order valence-corrected chi connectivity index (χ3v) is 16.6. The maximum atomic E-state index is 14.8. The molecular weight excluding hydrogens is 1130 g/mol. The van der Waals surface area contributed by atoms with Gasteiger partial charge in [-0.15, -0.1) is 0 Å². The van der Waals surface area contributed by atoms with Crippen molar-refractivity contribution in [2.45, 2.75) is 152 Å². The van der Waals surface area contributed by atoms with Crippen LogP contribution < -0.4 is 37.5 Å². The highest BCUT2D eigenvalue weighted by Gasteiger charge is 2.51. The molecule has 3 fully saturated rings. The Kier molecular flexibility index (Phi) is 23.7. The molecule has 0 bridgehead atoms. The summed E-state index contributed by atoms with van der Waals surface area (Å²) in [5, 5.41) is 100. The summed E-state index contributed by atoms with van der Waals surface area (Å²) in [6.45, 7) is 5.66. The molecule has 16 N–H and O–H groups in total. The van der Waals surface area contributed by atoms with Crippen molar-refractivity contribution in [2.24, 2.45) is 35.1 Å². The number of benzene rings is 4. The summed E-state index contributed by atoms with van der Waals surface area (Å²) in [6.07, 6.45) is -14.9. The van der Waals surface area contributed by atoms with E-state index in [1.165, 1.54) is 43.3 Å². The largest absolute Gasteiger partial charge is 0.508 e. The lowest BCUT2D eigenvalue weighted by Crippen LogP contribution is -2.62. The van der Waals surface area contributed by atoms with Gasteiger partial charge in [-0.25, -0.2) is 0 Å². The zero-order valence-corrected chi connectivity index (χ0v) is 49.2. The minimum atomic E-state index is -2.17. The third-order valence-electron chi connectivity index (χ3n) is 16.6. The van der Waals surface area contributed by atoms with Crippen LogP contribution in [-0.4, -0.2) is 186 Å². The Bertz CT molecular complexity index is 2980. The van der Waals surface area contributed by atoms with Crippen molar-refractivity contribution in [2.75, 3.05) is 26.2 Å². The van der Waals surface area contributed by atoms with Crippen LogP contribution in [-0.2, 0) is 33.5 Å². The molecule has 4 aromatic carbocycles. The number of nitrogens with one attached hydrogen (secondary N) is 4. The van der Waals surface area contributed by atoms with Gasteiger partial charge >= 0.3 is 0 Å². The van der Waals surface area contributed by atoms with E-state index in [4.69, 9.17) is 20.9 Å². The minimum absolute atomic E-state index is 0.0247. The topological polar surface area (TPSA) is 403 Å². The highest BCUT2D eigenvalue weighted by molar-refractivity contribution is 6.01. The first-order chi connectivity index (χ1) is 41.4. The number of phenols is 1. The van der Waals surface area contributed by atoms with E-state index in [0.717, 1.165) is 66.0 Å². The number of carbonyl (C=O) groups excluding carboxylic acids is 7. The molecule has 3 aliphatic rings. The van der Waals surface area contributed by atoms with Crippen LogP contribution >= 0.6 is 0 Å². The second kappa shape index (κ2) is 30.6. The van der Waals surface area contributed by atoms with Crippen LogP contribution in [0.25, 0.3) is 22.3 Å². The standard InChI is InChI=1S/C63H83N7O17/c1-5-6-7-24-86-43-22-18-38(19-23-43)36-10-8-35(9-11-36)37-12-14-40(15-13-37)58(81)66-48-28-50(76)62(87-44(29-64)30-65)69-61(84)53-54(77)32(2)31-70(53)63(85)52(34(4)72)68-59(82)47(57(80)55(78)39-16-20-41(73)21-17-39)27-49(75)45-25-42(74)26-46(45)56(79)51(33(3)71)67-60(48)83/h8-23,32-34,42,44-48,50-55,57,62,71-74,76-78,80H,5-7,24-31,64-65H2,1-4H3,(H,66,81)(H,67,83)(H,68,82)(H,69,84)/t32-,33+,34+,42+,45?,46?,47?,48-,50+,51?,52?,53?,54-,55-,57-,62?/m0/s1. The predicted molar refractivity (Wildman–Crippen MR) is 316 cm³/mol. The number of nitrogens with zero attached hydrogens (tertiary/aromatic N) is 1. The Morgan fingerprint density at radius 2 is 1.25 bits per heavy atom. The highest BCUT2D eigenvalue weighted by atomic mass is 16.5. The average molecular weight is 1210 g/mol. The molecule has 4 aromatic rings. The van der Waals surface area contributed by atoms with Gasteiger partial charge in [-0.1, -0.05) is 87.4 Å². The lowest BCUT2D eigenvalue weighted by Gasteiger charge is -2.34. The third kappa shape index (κ3) is 16.7.